The highest BCUT2D eigenvalue weighted by Crippen LogP contribution is 2.24. The molecule has 1 aromatic heterocycles. The molecule has 1 atom stereocenters. The van der Waals surface area contributed by atoms with E-state index in [0.717, 1.165) is 17.3 Å². The average Bonchev–Trinajstić information content (AvgIpc) is 2.75. The van der Waals surface area contributed by atoms with Gasteiger partial charge in [-0.2, -0.15) is 0 Å². The molecule has 1 aliphatic heterocycles. The van der Waals surface area contributed by atoms with Gasteiger partial charge in [-0.3, -0.25) is 0 Å². The molecule has 0 spiro atoms. The second-order valence-corrected chi connectivity index (χ2v) is 7.41. The van der Waals surface area contributed by atoms with E-state index < -0.39 is 9.84 Å². The Hall–Kier alpha value is -1.89. The topological polar surface area (TPSA) is 98.0 Å². The molecule has 0 bridgehead atoms. The number of nitrogen functional groups attached to an aromatic ring is 1. The van der Waals surface area contributed by atoms with E-state index in [-0.39, 0.29) is 11.0 Å². The van der Waals surface area contributed by atoms with Crippen LogP contribution in [0.1, 0.15) is 12.8 Å². The number of hydrogen-bond acceptors (Lipinski definition) is 6. The van der Waals surface area contributed by atoms with E-state index in [1.165, 1.54) is 6.33 Å². The number of aromatic nitrogens is 2. The van der Waals surface area contributed by atoms with Crippen LogP contribution in [-0.2, 0) is 9.84 Å². The minimum atomic E-state index is -2.95. The molecule has 1 unspecified atom stereocenters. The first kappa shape index (κ1) is 13.1. The number of hydrogen-bond donors (Lipinski definition) is 2. The first-order chi connectivity index (χ1) is 9.56. The van der Waals surface area contributed by atoms with Crippen molar-refractivity contribution in [1.29, 1.82) is 0 Å². The van der Waals surface area contributed by atoms with Crippen molar-refractivity contribution in [3.8, 4) is 0 Å². The summed E-state index contributed by atoms with van der Waals surface area (Å²) < 4.78 is 23.6. The zero-order valence-electron chi connectivity index (χ0n) is 10.9. The van der Waals surface area contributed by atoms with Crippen LogP contribution in [0.2, 0.25) is 0 Å². The number of anilines is 2. The van der Waals surface area contributed by atoms with Gasteiger partial charge < -0.3 is 11.1 Å². The SMILES string of the molecule is Nc1ccc2ncnc(NCC3CCCS3(=O)=O)c2c1. The molecule has 0 aliphatic carbocycles. The van der Waals surface area contributed by atoms with Crippen LogP contribution < -0.4 is 11.1 Å². The Morgan fingerprint density at radius 3 is 2.95 bits per heavy atom. The number of benzene rings is 1. The van der Waals surface area contributed by atoms with Gasteiger partial charge in [0.1, 0.15) is 12.1 Å². The fourth-order valence-electron chi connectivity index (χ4n) is 2.51. The molecule has 1 fully saturated rings. The van der Waals surface area contributed by atoms with Crippen LogP contribution in [0.25, 0.3) is 10.9 Å². The highest BCUT2D eigenvalue weighted by molar-refractivity contribution is 7.92. The smallest absolute Gasteiger partial charge is 0.154 e. The summed E-state index contributed by atoms with van der Waals surface area (Å²) in [7, 11) is -2.95. The summed E-state index contributed by atoms with van der Waals surface area (Å²) in [5, 5.41) is 3.61. The third-order valence-electron chi connectivity index (χ3n) is 3.62. The first-order valence-corrected chi connectivity index (χ1v) is 8.23. The molecule has 2 heterocycles. The monoisotopic (exact) mass is 292 g/mol. The van der Waals surface area contributed by atoms with Crippen LogP contribution in [0.5, 0.6) is 0 Å². The molecule has 1 saturated heterocycles. The number of nitrogens with zero attached hydrogens (tertiary/aromatic N) is 2. The Kier molecular flexibility index (Phi) is 3.21. The molecular formula is C13H16N4O2S. The number of nitrogens with one attached hydrogen (secondary N) is 1. The summed E-state index contributed by atoms with van der Waals surface area (Å²) in [6.07, 6.45) is 2.91. The molecule has 1 aliphatic rings. The number of sulfone groups is 1. The summed E-state index contributed by atoms with van der Waals surface area (Å²) in [6.45, 7) is 0.378. The molecule has 0 radical (unpaired) electrons. The summed E-state index contributed by atoms with van der Waals surface area (Å²) in [5.41, 5.74) is 7.19. The maximum atomic E-state index is 11.8. The van der Waals surface area contributed by atoms with Crippen molar-refractivity contribution in [3.05, 3.63) is 24.5 Å². The van der Waals surface area contributed by atoms with Crippen molar-refractivity contribution in [2.75, 3.05) is 23.3 Å². The molecule has 3 rings (SSSR count). The van der Waals surface area contributed by atoms with Crippen molar-refractivity contribution in [1.82, 2.24) is 9.97 Å². The Bertz CT molecular complexity index is 745. The van der Waals surface area contributed by atoms with Crippen molar-refractivity contribution in [3.63, 3.8) is 0 Å². The summed E-state index contributed by atoms with van der Waals surface area (Å²) in [4.78, 5) is 8.35. The van der Waals surface area contributed by atoms with Gasteiger partial charge in [0, 0.05) is 17.6 Å². The lowest BCUT2D eigenvalue weighted by molar-refractivity contribution is 0.591. The number of rotatable bonds is 3. The van der Waals surface area contributed by atoms with Crippen LogP contribution in [0.3, 0.4) is 0 Å². The van der Waals surface area contributed by atoms with Crippen molar-refractivity contribution in [2.45, 2.75) is 18.1 Å². The minimum absolute atomic E-state index is 0.289. The fraction of sp³-hybridized carbons (Fsp3) is 0.385. The van der Waals surface area contributed by atoms with E-state index in [1.54, 1.807) is 12.1 Å². The van der Waals surface area contributed by atoms with Crippen LogP contribution in [0, 0.1) is 0 Å². The maximum absolute atomic E-state index is 11.8. The quantitative estimate of drug-likeness (QED) is 0.825. The molecule has 2 aromatic rings. The van der Waals surface area contributed by atoms with E-state index in [9.17, 15) is 8.42 Å². The van der Waals surface area contributed by atoms with Gasteiger partial charge in [0.25, 0.3) is 0 Å². The predicted molar refractivity (Wildman–Crippen MR) is 79.2 cm³/mol. The number of nitrogens with two attached hydrogens (primary N) is 1. The predicted octanol–water partition coefficient (Wildman–Crippen LogP) is 1.20. The fourth-order valence-corrected chi connectivity index (χ4v) is 4.28. The maximum Gasteiger partial charge on any atom is 0.154 e. The Morgan fingerprint density at radius 2 is 2.20 bits per heavy atom. The second-order valence-electron chi connectivity index (χ2n) is 5.01. The summed E-state index contributed by atoms with van der Waals surface area (Å²) in [5.74, 6) is 0.918. The third-order valence-corrected chi connectivity index (χ3v) is 5.90. The zero-order valence-corrected chi connectivity index (χ0v) is 11.7. The second kappa shape index (κ2) is 4.90. The Morgan fingerprint density at radius 1 is 1.35 bits per heavy atom. The standard InChI is InChI=1S/C13H16N4O2S/c14-9-3-4-12-11(6-9)13(17-8-16-12)15-7-10-2-1-5-20(10,18)19/h3-4,6,8,10H,1-2,5,7,14H2,(H,15,16,17). The number of fused-ring (bicyclic) bond motifs is 1. The van der Waals surface area contributed by atoms with Gasteiger partial charge >= 0.3 is 0 Å². The lowest BCUT2D eigenvalue weighted by Crippen LogP contribution is -2.25. The Balaban J connectivity index is 1.86. The average molecular weight is 292 g/mol. The molecule has 7 heteroatoms. The highest BCUT2D eigenvalue weighted by Gasteiger charge is 2.30. The molecule has 20 heavy (non-hydrogen) atoms. The van der Waals surface area contributed by atoms with Gasteiger partial charge in [-0.25, -0.2) is 18.4 Å². The third kappa shape index (κ3) is 2.40. The lowest BCUT2D eigenvalue weighted by atomic mass is 10.2. The van der Waals surface area contributed by atoms with Crippen molar-refractivity contribution >= 4 is 32.2 Å². The van der Waals surface area contributed by atoms with Crippen LogP contribution in [0.4, 0.5) is 11.5 Å². The van der Waals surface area contributed by atoms with Gasteiger partial charge in [-0.05, 0) is 31.0 Å². The molecule has 3 N–H and O–H groups in total. The van der Waals surface area contributed by atoms with E-state index in [0.29, 0.717) is 24.5 Å². The molecule has 0 amide bonds. The van der Waals surface area contributed by atoms with Gasteiger partial charge in [0.2, 0.25) is 0 Å². The van der Waals surface area contributed by atoms with Gasteiger partial charge in [0.05, 0.1) is 16.5 Å². The van der Waals surface area contributed by atoms with E-state index in [4.69, 9.17) is 5.73 Å². The molecule has 0 saturated carbocycles. The van der Waals surface area contributed by atoms with Crippen molar-refractivity contribution < 1.29 is 8.42 Å². The Labute approximate surface area is 117 Å². The summed E-state index contributed by atoms with van der Waals surface area (Å²) in [6, 6.07) is 5.39. The normalized spacial score (nSPS) is 21.1. The van der Waals surface area contributed by atoms with Gasteiger partial charge in [0.15, 0.2) is 9.84 Å². The van der Waals surface area contributed by atoms with Gasteiger partial charge in [-0.15, -0.1) is 0 Å². The molecular weight excluding hydrogens is 276 g/mol. The minimum Gasteiger partial charge on any atom is -0.399 e. The van der Waals surface area contributed by atoms with Crippen LogP contribution >= 0.6 is 0 Å². The zero-order chi connectivity index (χ0) is 14.2. The largest absolute Gasteiger partial charge is 0.399 e. The lowest BCUT2D eigenvalue weighted by Gasteiger charge is -2.12. The molecule has 1 aromatic carbocycles. The van der Waals surface area contributed by atoms with Gasteiger partial charge in [-0.1, -0.05) is 0 Å². The van der Waals surface area contributed by atoms with Crippen molar-refractivity contribution in [2.24, 2.45) is 0 Å². The molecule has 106 valence electrons. The van der Waals surface area contributed by atoms with Crippen LogP contribution in [-0.4, -0.2) is 35.9 Å². The first-order valence-electron chi connectivity index (χ1n) is 6.52. The van der Waals surface area contributed by atoms with Crippen LogP contribution in [0.15, 0.2) is 24.5 Å². The van der Waals surface area contributed by atoms with E-state index in [1.807, 2.05) is 6.07 Å². The van der Waals surface area contributed by atoms with E-state index >= 15 is 0 Å². The molecule has 6 nitrogen and oxygen atoms in total. The van der Waals surface area contributed by atoms with E-state index in [2.05, 4.69) is 15.3 Å². The summed E-state index contributed by atoms with van der Waals surface area (Å²) >= 11 is 0. The highest BCUT2D eigenvalue weighted by atomic mass is 32.2.